The van der Waals surface area contributed by atoms with Gasteiger partial charge in [-0.05, 0) is 64.2 Å². The zero-order valence-electron chi connectivity index (χ0n) is 9.74. The Labute approximate surface area is 128 Å². The van der Waals surface area contributed by atoms with Crippen LogP contribution in [0, 0.1) is 0 Å². The first-order chi connectivity index (χ1) is 8.40. The lowest BCUT2D eigenvalue weighted by Crippen LogP contribution is -2.51. The number of thiophene rings is 1. The summed E-state index contributed by atoms with van der Waals surface area (Å²) in [6, 6.07) is 1.74. The normalized spacial score (nSPS) is 25.3. The van der Waals surface area contributed by atoms with Gasteiger partial charge in [-0.2, -0.15) is 0 Å². The van der Waals surface area contributed by atoms with Gasteiger partial charge in [-0.1, -0.05) is 0 Å². The van der Waals surface area contributed by atoms with E-state index in [0.717, 1.165) is 23.2 Å². The van der Waals surface area contributed by atoms with Gasteiger partial charge in [0.05, 0.1) is 7.57 Å². The molecule has 0 aromatic carbocycles. The van der Waals surface area contributed by atoms with Crippen molar-refractivity contribution in [2.45, 2.75) is 36.7 Å². The Hall–Kier alpha value is 0.530. The van der Waals surface area contributed by atoms with Crippen LogP contribution < -0.4 is 10.0 Å². The highest BCUT2D eigenvalue weighted by Crippen LogP contribution is 2.35. The van der Waals surface area contributed by atoms with Gasteiger partial charge in [-0.15, -0.1) is 11.3 Å². The van der Waals surface area contributed by atoms with E-state index in [2.05, 4.69) is 41.9 Å². The van der Waals surface area contributed by atoms with Crippen LogP contribution in [0.4, 0.5) is 0 Å². The van der Waals surface area contributed by atoms with E-state index >= 15 is 0 Å². The number of halogens is 2. The van der Waals surface area contributed by atoms with E-state index < -0.39 is 10.0 Å². The predicted molar refractivity (Wildman–Crippen MR) is 80.5 cm³/mol. The summed E-state index contributed by atoms with van der Waals surface area (Å²) in [7, 11) is -3.46. The van der Waals surface area contributed by atoms with Crippen molar-refractivity contribution in [3.63, 3.8) is 0 Å². The van der Waals surface area contributed by atoms with E-state index in [0.29, 0.717) is 8.68 Å². The van der Waals surface area contributed by atoms with E-state index in [-0.39, 0.29) is 12.1 Å². The molecule has 2 heterocycles. The second kappa shape index (κ2) is 5.88. The van der Waals surface area contributed by atoms with Crippen LogP contribution in [-0.4, -0.2) is 27.0 Å². The summed E-state index contributed by atoms with van der Waals surface area (Å²) >= 11 is 7.94. The van der Waals surface area contributed by atoms with Gasteiger partial charge in [0.25, 0.3) is 0 Å². The van der Waals surface area contributed by atoms with Crippen LogP contribution in [0.3, 0.4) is 0 Å². The van der Waals surface area contributed by atoms with Crippen LogP contribution in [0.15, 0.2) is 18.5 Å². The SMILES string of the molecule is CC1NCCCC1NS(=O)(=O)c1cc(Br)sc1Br. The molecule has 0 amide bonds. The van der Waals surface area contributed by atoms with Crippen LogP contribution in [0.1, 0.15) is 19.8 Å². The monoisotopic (exact) mass is 416 g/mol. The van der Waals surface area contributed by atoms with E-state index in [9.17, 15) is 8.42 Å². The molecule has 1 aliphatic rings. The van der Waals surface area contributed by atoms with Crippen molar-refractivity contribution in [1.29, 1.82) is 0 Å². The third kappa shape index (κ3) is 3.34. The van der Waals surface area contributed by atoms with Crippen molar-refractivity contribution >= 4 is 53.2 Å². The smallest absolute Gasteiger partial charge is 0.242 e. The van der Waals surface area contributed by atoms with Gasteiger partial charge in [-0.3, -0.25) is 0 Å². The Morgan fingerprint density at radius 1 is 1.50 bits per heavy atom. The Kier molecular flexibility index (Phi) is 4.88. The fourth-order valence-electron chi connectivity index (χ4n) is 1.98. The molecule has 2 rings (SSSR count). The largest absolute Gasteiger partial charge is 0.313 e. The molecular weight excluding hydrogens is 404 g/mol. The standard InChI is InChI=1S/C10H14Br2N2O2S2/c1-6-7(3-2-4-13-6)14-18(15,16)8-5-9(11)17-10(8)12/h5-7,13-14H,2-4H2,1H3. The molecule has 0 spiro atoms. The molecule has 1 aromatic rings. The average Bonchev–Trinajstić information content (AvgIpc) is 2.62. The highest BCUT2D eigenvalue weighted by Gasteiger charge is 2.28. The molecule has 0 saturated carbocycles. The maximum absolute atomic E-state index is 12.3. The zero-order chi connectivity index (χ0) is 13.3. The molecule has 18 heavy (non-hydrogen) atoms. The number of hydrogen-bond donors (Lipinski definition) is 2. The molecule has 1 fully saturated rings. The summed E-state index contributed by atoms with van der Waals surface area (Å²) in [6.07, 6.45) is 1.86. The lowest BCUT2D eigenvalue weighted by molar-refractivity contribution is 0.349. The number of nitrogens with one attached hydrogen (secondary N) is 2. The lowest BCUT2D eigenvalue weighted by Gasteiger charge is -2.30. The Balaban J connectivity index is 2.19. The maximum Gasteiger partial charge on any atom is 0.242 e. The average molecular weight is 418 g/mol. The Bertz CT molecular complexity index is 530. The van der Waals surface area contributed by atoms with Gasteiger partial charge in [-0.25, -0.2) is 13.1 Å². The molecule has 1 aromatic heterocycles. The van der Waals surface area contributed by atoms with Crippen LogP contribution in [0.5, 0.6) is 0 Å². The summed E-state index contributed by atoms with van der Waals surface area (Å²) in [5.41, 5.74) is 0. The van der Waals surface area contributed by atoms with E-state index in [1.54, 1.807) is 6.07 Å². The highest BCUT2D eigenvalue weighted by atomic mass is 79.9. The second-order valence-corrected chi connectivity index (χ2v) is 9.73. The van der Waals surface area contributed by atoms with Crippen molar-refractivity contribution in [3.8, 4) is 0 Å². The fraction of sp³-hybridized carbons (Fsp3) is 0.600. The molecule has 8 heteroatoms. The molecule has 0 radical (unpaired) electrons. The van der Waals surface area contributed by atoms with Crippen molar-refractivity contribution < 1.29 is 8.42 Å². The highest BCUT2D eigenvalue weighted by molar-refractivity contribution is 9.12. The number of sulfonamides is 1. The van der Waals surface area contributed by atoms with Gasteiger partial charge in [0.2, 0.25) is 10.0 Å². The zero-order valence-corrected chi connectivity index (χ0v) is 14.5. The molecule has 4 nitrogen and oxygen atoms in total. The van der Waals surface area contributed by atoms with E-state index in [4.69, 9.17) is 0 Å². The third-order valence-corrected chi connectivity index (χ3v) is 7.23. The fourth-order valence-corrected chi connectivity index (χ4v) is 7.14. The summed E-state index contributed by atoms with van der Waals surface area (Å²) in [5, 5.41) is 3.28. The summed E-state index contributed by atoms with van der Waals surface area (Å²) in [6.45, 7) is 2.96. The van der Waals surface area contributed by atoms with E-state index in [1.165, 1.54) is 11.3 Å². The second-order valence-electron chi connectivity index (χ2n) is 4.30. The van der Waals surface area contributed by atoms with Crippen LogP contribution in [-0.2, 0) is 10.0 Å². The topological polar surface area (TPSA) is 58.2 Å². The summed E-state index contributed by atoms with van der Waals surface area (Å²) in [5.74, 6) is 0. The maximum atomic E-state index is 12.3. The summed E-state index contributed by atoms with van der Waals surface area (Å²) in [4.78, 5) is 0.303. The van der Waals surface area contributed by atoms with Gasteiger partial charge < -0.3 is 5.32 Å². The first-order valence-electron chi connectivity index (χ1n) is 5.60. The number of rotatable bonds is 3. The van der Waals surface area contributed by atoms with E-state index in [1.807, 2.05) is 6.92 Å². The molecule has 102 valence electrons. The molecule has 1 aliphatic heterocycles. The number of piperidine rings is 1. The van der Waals surface area contributed by atoms with Crippen molar-refractivity contribution in [1.82, 2.24) is 10.0 Å². The van der Waals surface area contributed by atoms with Gasteiger partial charge in [0.1, 0.15) is 4.90 Å². The van der Waals surface area contributed by atoms with Crippen molar-refractivity contribution in [3.05, 3.63) is 13.6 Å². The molecule has 1 saturated heterocycles. The molecule has 0 aliphatic carbocycles. The molecular formula is C10H14Br2N2O2S2. The van der Waals surface area contributed by atoms with Crippen LogP contribution in [0.2, 0.25) is 0 Å². The van der Waals surface area contributed by atoms with Crippen LogP contribution in [0.25, 0.3) is 0 Å². The molecule has 2 atom stereocenters. The third-order valence-electron chi connectivity index (χ3n) is 2.98. The van der Waals surface area contributed by atoms with Gasteiger partial charge in [0.15, 0.2) is 0 Å². The van der Waals surface area contributed by atoms with Gasteiger partial charge >= 0.3 is 0 Å². The minimum Gasteiger partial charge on any atom is -0.313 e. The predicted octanol–water partition coefficient (Wildman–Crippen LogP) is 2.69. The van der Waals surface area contributed by atoms with Gasteiger partial charge in [0, 0.05) is 12.1 Å². The first-order valence-corrected chi connectivity index (χ1v) is 9.49. The van der Waals surface area contributed by atoms with Crippen molar-refractivity contribution in [2.24, 2.45) is 0 Å². The first kappa shape index (κ1) is 14.9. The lowest BCUT2D eigenvalue weighted by atomic mass is 10.0. The molecule has 2 N–H and O–H groups in total. The molecule has 0 bridgehead atoms. The van der Waals surface area contributed by atoms with Crippen molar-refractivity contribution in [2.75, 3.05) is 6.54 Å². The Morgan fingerprint density at radius 3 is 2.78 bits per heavy atom. The minimum absolute atomic E-state index is 0.0469. The Morgan fingerprint density at radius 2 is 2.22 bits per heavy atom. The summed E-state index contributed by atoms with van der Waals surface area (Å²) < 4.78 is 28.8. The quantitative estimate of drug-likeness (QED) is 0.794. The number of hydrogen-bond acceptors (Lipinski definition) is 4. The molecule has 2 unspecified atom stereocenters. The minimum atomic E-state index is -3.46. The van der Waals surface area contributed by atoms with Crippen LogP contribution >= 0.6 is 43.2 Å².